The summed E-state index contributed by atoms with van der Waals surface area (Å²) in [7, 11) is 1.46. The van der Waals surface area contributed by atoms with E-state index in [1.54, 1.807) is 5.57 Å². The summed E-state index contributed by atoms with van der Waals surface area (Å²) >= 11 is 0. The number of methoxy groups -OCH3 is 1. The number of hydrogen-bond acceptors (Lipinski definition) is 3. The molecule has 4 rings (SSSR count). The number of hydrogen-bond donors (Lipinski definition) is 1. The fourth-order valence-corrected chi connectivity index (χ4v) is 14.4. The number of aliphatic hydroxyl groups is 1. The van der Waals surface area contributed by atoms with Gasteiger partial charge in [0, 0.05) is 6.42 Å². The highest BCUT2D eigenvalue weighted by atomic mass is 16.5. The van der Waals surface area contributed by atoms with Gasteiger partial charge >= 0.3 is 5.97 Å². The number of esters is 1. The van der Waals surface area contributed by atoms with Crippen LogP contribution in [0.4, 0.5) is 0 Å². The second-order valence-electron chi connectivity index (χ2n) is 27.3. The lowest BCUT2D eigenvalue weighted by molar-refractivity contribution is -0.140. The molecule has 1 N–H and O–H groups in total. The summed E-state index contributed by atoms with van der Waals surface area (Å²) in [4.78, 5) is 10.9. The van der Waals surface area contributed by atoms with Crippen molar-refractivity contribution in [3.8, 4) is 0 Å². The maximum absolute atomic E-state index is 10.9. The van der Waals surface area contributed by atoms with Gasteiger partial charge in [0.2, 0.25) is 0 Å². The molecule has 77 heavy (non-hydrogen) atoms. The number of ether oxygens (including phenoxy) is 1. The second kappa shape index (κ2) is 40.7. The fourth-order valence-electron chi connectivity index (χ4n) is 14.4. The molecular formula is C74H130O3. The number of carbonyl (C=O) groups is 1. The van der Waals surface area contributed by atoms with E-state index in [0.717, 1.165) is 54.8 Å². The van der Waals surface area contributed by atoms with Crippen molar-refractivity contribution in [1.82, 2.24) is 0 Å². The molecule has 8 atom stereocenters. The standard InChI is InChI=1S/C30H50.C27H46O.C17H34O2/c1-25(2)15-11-19-29(7)23-13-21-27(5)17-9-10-18-28(6)22-14-24-30(8)20-12-16-26(3)4;1-18(2)7-6-8-19(3)23-11-12-24-22-10-9-20-17-21(28)13-15-26(20,4)25(22)14-16-27(23,24)5;1-3-4-5-6-7-8-9-10-11-12-13-14-15-16-17(18)19-2/h15-18,23-24H,9-14,19-22H2,1-8H3;9,18-19,21-25,28H,6-8,10-17H2,1-5H3;3-16H2,1-2H3/b27-17+,28-18+,29-23+,30-24+;;/t;19?,21-,22-,23+,24-,25-,26-,27+;/m.0./s1. The van der Waals surface area contributed by atoms with Crippen molar-refractivity contribution < 1.29 is 14.6 Å². The summed E-state index contributed by atoms with van der Waals surface area (Å²) in [6, 6.07) is 0. The van der Waals surface area contributed by atoms with Gasteiger partial charge in [-0.1, -0.05) is 219 Å². The molecule has 0 saturated heterocycles. The molecular weight excluding hydrogens is 937 g/mol. The predicted molar refractivity (Wildman–Crippen MR) is 341 cm³/mol. The van der Waals surface area contributed by atoms with Crippen molar-refractivity contribution in [2.75, 3.05) is 7.11 Å². The van der Waals surface area contributed by atoms with E-state index in [0.29, 0.717) is 17.3 Å². The molecule has 0 heterocycles. The molecule has 0 radical (unpaired) electrons. The lowest BCUT2D eigenvalue weighted by Gasteiger charge is -2.58. The number of fused-ring (bicyclic) bond motifs is 5. The molecule has 0 aromatic carbocycles. The van der Waals surface area contributed by atoms with Crippen molar-refractivity contribution in [2.24, 2.45) is 46.3 Å². The largest absolute Gasteiger partial charge is 0.469 e. The quantitative estimate of drug-likeness (QED) is 0.0397. The highest BCUT2D eigenvalue weighted by molar-refractivity contribution is 5.68. The zero-order valence-corrected chi connectivity index (χ0v) is 54.1. The molecule has 4 aliphatic carbocycles. The second-order valence-corrected chi connectivity index (χ2v) is 27.3. The van der Waals surface area contributed by atoms with E-state index >= 15 is 0 Å². The van der Waals surface area contributed by atoms with Crippen LogP contribution in [0.1, 0.15) is 322 Å². The van der Waals surface area contributed by atoms with E-state index in [9.17, 15) is 9.90 Å². The van der Waals surface area contributed by atoms with Gasteiger partial charge in [0.1, 0.15) is 0 Å². The van der Waals surface area contributed by atoms with Gasteiger partial charge in [0.05, 0.1) is 13.2 Å². The molecule has 4 aliphatic rings. The lowest BCUT2D eigenvalue weighted by atomic mass is 9.47. The minimum absolute atomic E-state index is 0.0666. The van der Waals surface area contributed by atoms with Gasteiger partial charge in [-0.15, -0.1) is 0 Å². The Morgan fingerprint density at radius 3 is 1.51 bits per heavy atom. The van der Waals surface area contributed by atoms with Gasteiger partial charge in [0.25, 0.3) is 0 Å². The number of aliphatic hydroxyl groups excluding tert-OH is 1. The van der Waals surface area contributed by atoms with Crippen molar-refractivity contribution in [2.45, 2.75) is 328 Å². The van der Waals surface area contributed by atoms with Gasteiger partial charge in [0.15, 0.2) is 0 Å². The number of rotatable bonds is 34. The Bertz CT molecular complexity index is 1750. The average molecular weight is 1070 g/mol. The van der Waals surface area contributed by atoms with Crippen molar-refractivity contribution in [1.29, 1.82) is 0 Å². The Morgan fingerprint density at radius 1 is 0.571 bits per heavy atom. The van der Waals surface area contributed by atoms with Gasteiger partial charge in [-0.05, 0) is 224 Å². The van der Waals surface area contributed by atoms with Crippen molar-refractivity contribution in [3.63, 3.8) is 0 Å². The Hall–Kier alpha value is -2.39. The van der Waals surface area contributed by atoms with E-state index in [1.807, 2.05) is 0 Å². The fraction of sp³-hybridized carbons (Fsp3) is 0.797. The molecule has 1 unspecified atom stereocenters. The van der Waals surface area contributed by atoms with E-state index in [4.69, 9.17) is 0 Å². The first-order valence-corrected chi connectivity index (χ1v) is 33.1. The highest BCUT2D eigenvalue weighted by Gasteiger charge is 2.59. The summed E-state index contributed by atoms with van der Waals surface area (Å²) in [5.74, 6) is 5.39. The van der Waals surface area contributed by atoms with Crippen LogP contribution < -0.4 is 0 Å². The lowest BCUT2D eigenvalue weighted by Crippen LogP contribution is -2.50. The first kappa shape index (κ1) is 70.7. The number of carbonyl (C=O) groups excluding carboxylic acids is 1. The topological polar surface area (TPSA) is 46.5 Å². The van der Waals surface area contributed by atoms with Crippen LogP contribution in [0, 0.1) is 46.3 Å². The van der Waals surface area contributed by atoms with E-state index in [-0.39, 0.29) is 12.1 Å². The summed E-state index contributed by atoms with van der Waals surface area (Å²) in [5.41, 5.74) is 11.6. The zero-order chi connectivity index (χ0) is 57.1. The Kier molecular flexibility index (Phi) is 37.4. The zero-order valence-electron chi connectivity index (χ0n) is 54.1. The van der Waals surface area contributed by atoms with Gasteiger partial charge in [-0.25, -0.2) is 0 Å². The molecule has 0 spiro atoms. The molecule has 0 aliphatic heterocycles. The first-order valence-electron chi connectivity index (χ1n) is 33.1. The minimum Gasteiger partial charge on any atom is -0.469 e. The van der Waals surface area contributed by atoms with Crippen LogP contribution in [-0.2, 0) is 9.53 Å². The monoisotopic (exact) mass is 1070 g/mol. The third kappa shape index (κ3) is 29.2. The summed E-state index contributed by atoms with van der Waals surface area (Å²) in [6.07, 6.45) is 61.4. The Morgan fingerprint density at radius 2 is 1.04 bits per heavy atom. The van der Waals surface area contributed by atoms with E-state index in [2.05, 4.69) is 144 Å². The normalized spacial score (nSPS) is 24.8. The molecule has 3 heteroatoms. The van der Waals surface area contributed by atoms with Crippen LogP contribution in [0.15, 0.2) is 81.5 Å². The smallest absolute Gasteiger partial charge is 0.305 e. The molecule has 0 aromatic heterocycles. The first-order chi connectivity index (χ1) is 36.8. The minimum atomic E-state index is -0.0766. The highest BCUT2D eigenvalue weighted by Crippen LogP contribution is 2.67. The van der Waals surface area contributed by atoms with E-state index in [1.165, 1.54) is 240 Å². The molecule has 444 valence electrons. The summed E-state index contributed by atoms with van der Waals surface area (Å²) in [6.45, 7) is 32.6. The van der Waals surface area contributed by atoms with Gasteiger partial charge < -0.3 is 9.84 Å². The summed E-state index contributed by atoms with van der Waals surface area (Å²) in [5, 5.41) is 10.2. The van der Waals surface area contributed by atoms with Crippen LogP contribution in [-0.4, -0.2) is 24.3 Å². The SMILES string of the molecule is CC(C)=CCC/C(C)=C/CC/C(C)=C/CC/C=C(\C)CC/C=C(\C)CCC=C(C)C.CC(C)CCCC(C)[C@H]1CC[C@H]2[C@@H]3CC=C4C[C@@H](O)CC[C@]4(C)[C@H]3CC[C@]12C.CCCCCCCCCCCCCCCC(=O)OC. The Balaban J connectivity index is 0.000000406. The van der Waals surface area contributed by atoms with Gasteiger partial charge in [-0.3, -0.25) is 4.79 Å². The molecule has 0 amide bonds. The van der Waals surface area contributed by atoms with Crippen LogP contribution in [0.3, 0.4) is 0 Å². The maximum atomic E-state index is 10.9. The molecule has 0 aromatic rings. The maximum Gasteiger partial charge on any atom is 0.305 e. The molecule has 3 fully saturated rings. The molecule has 0 bridgehead atoms. The molecule has 3 nitrogen and oxygen atoms in total. The van der Waals surface area contributed by atoms with Crippen molar-refractivity contribution >= 4 is 5.97 Å². The average Bonchev–Trinajstić information content (AvgIpc) is 3.84. The van der Waals surface area contributed by atoms with Crippen LogP contribution in [0.2, 0.25) is 0 Å². The van der Waals surface area contributed by atoms with Crippen molar-refractivity contribution in [3.05, 3.63) is 81.5 Å². The van der Waals surface area contributed by atoms with Gasteiger partial charge in [-0.2, -0.15) is 0 Å². The van der Waals surface area contributed by atoms with Crippen LogP contribution in [0.5, 0.6) is 0 Å². The van der Waals surface area contributed by atoms with Crippen LogP contribution >= 0.6 is 0 Å². The Labute approximate surface area is 481 Å². The number of unbranched alkanes of at least 4 members (excludes halogenated alkanes) is 13. The third-order valence-electron chi connectivity index (χ3n) is 19.4. The molecule has 3 saturated carbocycles. The summed E-state index contributed by atoms with van der Waals surface area (Å²) < 4.78 is 4.62. The number of allylic oxidation sites excluding steroid dienone is 13. The van der Waals surface area contributed by atoms with E-state index < -0.39 is 0 Å². The third-order valence-corrected chi connectivity index (χ3v) is 19.4. The predicted octanol–water partition coefficient (Wildman–Crippen LogP) is 23.6. The van der Waals surface area contributed by atoms with Crippen LogP contribution in [0.25, 0.3) is 0 Å².